The average Bonchev–Trinajstić information content (AvgIpc) is 3.25. The monoisotopic (exact) mass is 389 g/mol. The second kappa shape index (κ2) is 7.13. The normalized spacial score (nSPS) is 15.5. The fourth-order valence-electron chi connectivity index (χ4n) is 4.00. The molecule has 0 spiro atoms. The summed E-state index contributed by atoms with van der Waals surface area (Å²) < 4.78 is 5.27. The smallest absolute Gasteiger partial charge is 0.273 e. The van der Waals surface area contributed by atoms with Crippen molar-refractivity contribution in [3.05, 3.63) is 77.0 Å². The standard InChI is InChI=1S/C23H23N3O3/c1-5-10-26-21(15-6-8-16(29-4)9-7-15)18-19(24-25-20(18)23(26)28)17-12-13(2)11-14(3)22(17)27/h5-9,11-12,21,27H,1,10H2,2-4H3,(H,24,25). The van der Waals surface area contributed by atoms with Crippen molar-refractivity contribution in [2.45, 2.75) is 19.9 Å². The van der Waals surface area contributed by atoms with E-state index in [1.807, 2.05) is 50.2 Å². The van der Waals surface area contributed by atoms with Crippen molar-refractivity contribution < 1.29 is 14.6 Å². The van der Waals surface area contributed by atoms with Crippen LogP contribution in [0.4, 0.5) is 0 Å². The minimum absolute atomic E-state index is 0.136. The zero-order chi connectivity index (χ0) is 20.7. The molecule has 2 heterocycles. The van der Waals surface area contributed by atoms with Gasteiger partial charge in [0.2, 0.25) is 0 Å². The third-order valence-corrected chi connectivity index (χ3v) is 5.32. The van der Waals surface area contributed by atoms with Crippen molar-refractivity contribution >= 4 is 5.91 Å². The number of methoxy groups -OCH3 is 1. The first-order chi connectivity index (χ1) is 14.0. The lowest BCUT2D eigenvalue weighted by Crippen LogP contribution is -2.29. The first-order valence-corrected chi connectivity index (χ1v) is 9.41. The molecule has 2 N–H and O–H groups in total. The van der Waals surface area contributed by atoms with Crippen LogP contribution in [0.3, 0.4) is 0 Å². The van der Waals surface area contributed by atoms with Gasteiger partial charge < -0.3 is 14.7 Å². The molecular formula is C23H23N3O3. The van der Waals surface area contributed by atoms with Crippen molar-refractivity contribution in [3.8, 4) is 22.8 Å². The van der Waals surface area contributed by atoms with E-state index in [2.05, 4.69) is 16.8 Å². The van der Waals surface area contributed by atoms with Gasteiger partial charge in [-0.15, -0.1) is 6.58 Å². The number of carbonyl (C=O) groups is 1. The summed E-state index contributed by atoms with van der Waals surface area (Å²) in [4.78, 5) is 14.8. The summed E-state index contributed by atoms with van der Waals surface area (Å²) in [6, 6.07) is 11.1. The van der Waals surface area contributed by atoms with Gasteiger partial charge in [-0.1, -0.05) is 24.3 Å². The second-order valence-corrected chi connectivity index (χ2v) is 7.26. The van der Waals surface area contributed by atoms with Gasteiger partial charge in [-0.2, -0.15) is 5.10 Å². The van der Waals surface area contributed by atoms with Gasteiger partial charge in [-0.25, -0.2) is 0 Å². The molecule has 1 amide bonds. The van der Waals surface area contributed by atoms with Gasteiger partial charge >= 0.3 is 0 Å². The maximum atomic E-state index is 13.1. The number of phenolic OH excluding ortho intramolecular Hbond substituents is 1. The van der Waals surface area contributed by atoms with Crippen LogP contribution < -0.4 is 4.74 Å². The number of aromatic nitrogens is 2. The molecule has 0 radical (unpaired) electrons. The Hall–Kier alpha value is -3.54. The Labute approximate surface area is 169 Å². The molecule has 0 fully saturated rings. The van der Waals surface area contributed by atoms with E-state index in [4.69, 9.17) is 4.74 Å². The highest BCUT2D eigenvalue weighted by atomic mass is 16.5. The molecule has 3 aromatic rings. The van der Waals surface area contributed by atoms with Crippen LogP contribution in [0.1, 0.15) is 38.8 Å². The third-order valence-electron chi connectivity index (χ3n) is 5.32. The highest BCUT2D eigenvalue weighted by Crippen LogP contribution is 2.45. The Morgan fingerprint density at radius 3 is 2.66 bits per heavy atom. The van der Waals surface area contributed by atoms with Crippen molar-refractivity contribution in [1.82, 2.24) is 15.1 Å². The first kappa shape index (κ1) is 18.8. The summed E-state index contributed by atoms with van der Waals surface area (Å²) in [5, 5.41) is 18.0. The van der Waals surface area contributed by atoms with Gasteiger partial charge in [-0.3, -0.25) is 9.89 Å². The molecule has 0 aliphatic carbocycles. The Morgan fingerprint density at radius 2 is 2.00 bits per heavy atom. The van der Waals surface area contributed by atoms with E-state index in [9.17, 15) is 9.90 Å². The zero-order valence-corrected chi connectivity index (χ0v) is 16.7. The van der Waals surface area contributed by atoms with E-state index in [1.54, 1.807) is 18.1 Å². The summed E-state index contributed by atoms with van der Waals surface area (Å²) in [7, 11) is 1.62. The van der Waals surface area contributed by atoms with Crippen LogP contribution >= 0.6 is 0 Å². The number of fused-ring (bicyclic) bond motifs is 1. The zero-order valence-electron chi connectivity index (χ0n) is 16.7. The molecular weight excluding hydrogens is 366 g/mol. The molecule has 1 aromatic heterocycles. The number of phenols is 1. The van der Waals surface area contributed by atoms with Crippen molar-refractivity contribution in [2.75, 3.05) is 13.7 Å². The maximum Gasteiger partial charge on any atom is 0.273 e. The predicted octanol–water partition coefficient (Wildman–Crippen LogP) is 4.14. The van der Waals surface area contributed by atoms with Crippen molar-refractivity contribution in [1.29, 1.82) is 0 Å². The predicted molar refractivity (Wildman–Crippen MR) is 111 cm³/mol. The molecule has 1 aliphatic heterocycles. The van der Waals surface area contributed by atoms with Gasteiger partial charge in [0.1, 0.15) is 22.9 Å². The summed E-state index contributed by atoms with van der Waals surface area (Å²) in [5.41, 5.74) is 5.14. The molecule has 1 atom stereocenters. The van der Waals surface area contributed by atoms with Crippen LogP contribution in [-0.4, -0.2) is 39.8 Å². The molecule has 6 heteroatoms. The van der Waals surface area contributed by atoms with Gasteiger partial charge in [0, 0.05) is 17.7 Å². The topological polar surface area (TPSA) is 78.5 Å². The number of nitrogens with one attached hydrogen (secondary N) is 1. The number of ether oxygens (including phenoxy) is 1. The van der Waals surface area contributed by atoms with E-state index >= 15 is 0 Å². The number of aromatic hydroxyl groups is 1. The Morgan fingerprint density at radius 1 is 1.28 bits per heavy atom. The lowest BCUT2D eigenvalue weighted by molar-refractivity contribution is 0.0764. The number of rotatable bonds is 5. The van der Waals surface area contributed by atoms with Crippen LogP contribution in [0, 0.1) is 13.8 Å². The van der Waals surface area contributed by atoms with Gasteiger partial charge in [0.25, 0.3) is 5.91 Å². The lowest BCUT2D eigenvalue weighted by Gasteiger charge is -2.25. The van der Waals surface area contributed by atoms with E-state index < -0.39 is 0 Å². The second-order valence-electron chi connectivity index (χ2n) is 7.26. The van der Waals surface area contributed by atoms with Crippen LogP contribution in [0.25, 0.3) is 11.3 Å². The van der Waals surface area contributed by atoms with Gasteiger partial charge in [0.05, 0.1) is 13.2 Å². The third kappa shape index (κ3) is 2.97. The summed E-state index contributed by atoms with van der Waals surface area (Å²) in [5.74, 6) is 0.782. The number of aromatic amines is 1. The summed E-state index contributed by atoms with van der Waals surface area (Å²) in [6.45, 7) is 8.03. The number of benzene rings is 2. The van der Waals surface area contributed by atoms with E-state index in [0.717, 1.165) is 28.0 Å². The van der Waals surface area contributed by atoms with Crippen molar-refractivity contribution in [3.63, 3.8) is 0 Å². The highest BCUT2D eigenvalue weighted by Gasteiger charge is 2.42. The SMILES string of the molecule is C=CCN1C(=O)c2[nH]nc(-c3cc(C)cc(C)c3O)c2C1c1ccc(OC)cc1. The molecule has 6 nitrogen and oxygen atoms in total. The van der Waals surface area contributed by atoms with Gasteiger partial charge in [0.15, 0.2) is 0 Å². The van der Waals surface area contributed by atoms with Crippen LogP contribution in [-0.2, 0) is 0 Å². The lowest BCUT2D eigenvalue weighted by atomic mass is 9.94. The summed E-state index contributed by atoms with van der Waals surface area (Å²) >= 11 is 0. The quantitative estimate of drug-likeness (QED) is 0.643. The van der Waals surface area contributed by atoms with Crippen LogP contribution in [0.2, 0.25) is 0 Å². The van der Waals surface area contributed by atoms with Gasteiger partial charge in [-0.05, 0) is 48.7 Å². The van der Waals surface area contributed by atoms with Crippen molar-refractivity contribution in [2.24, 2.45) is 0 Å². The minimum atomic E-state index is -0.338. The number of nitrogens with zero attached hydrogens (tertiary/aromatic N) is 2. The Bertz CT molecular complexity index is 1100. The molecule has 0 saturated heterocycles. The molecule has 4 rings (SSSR count). The fraction of sp³-hybridized carbons (Fsp3) is 0.217. The molecule has 1 unspecified atom stereocenters. The molecule has 2 aromatic carbocycles. The Kier molecular flexibility index (Phi) is 4.62. The number of hydrogen-bond donors (Lipinski definition) is 2. The number of aryl methyl sites for hydroxylation is 2. The number of carbonyl (C=O) groups excluding carboxylic acids is 1. The number of amides is 1. The summed E-state index contributed by atoms with van der Waals surface area (Å²) in [6.07, 6.45) is 1.71. The first-order valence-electron chi connectivity index (χ1n) is 9.41. The minimum Gasteiger partial charge on any atom is -0.507 e. The molecule has 148 valence electrons. The maximum absolute atomic E-state index is 13.1. The van der Waals surface area contributed by atoms with E-state index in [-0.39, 0.29) is 17.7 Å². The molecule has 0 bridgehead atoms. The van der Waals surface area contributed by atoms with Crippen LogP contribution in [0.5, 0.6) is 11.5 Å². The largest absolute Gasteiger partial charge is 0.507 e. The number of H-pyrrole nitrogens is 1. The highest BCUT2D eigenvalue weighted by molar-refractivity contribution is 6.00. The van der Waals surface area contributed by atoms with E-state index in [0.29, 0.717) is 23.5 Å². The molecule has 29 heavy (non-hydrogen) atoms. The Balaban J connectivity index is 1.92. The van der Waals surface area contributed by atoms with E-state index in [1.165, 1.54) is 0 Å². The number of hydrogen-bond acceptors (Lipinski definition) is 4. The van der Waals surface area contributed by atoms with Crippen LogP contribution in [0.15, 0.2) is 49.1 Å². The molecule has 1 aliphatic rings. The average molecular weight is 389 g/mol. The fourth-order valence-corrected chi connectivity index (χ4v) is 4.00. The molecule has 0 saturated carbocycles.